The number of fused-ring (bicyclic) bond motifs is 1. The lowest BCUT2D eigenvalue weighted by Gasteiger charge is -2.27. The second-order valence-electron chi connectivity index (χ2n) is 4.66. The molecule has 0 amide bonds. The molecule has 1 aromatic rings. The van der Waals surface area contributed by atoms with Gasteiger partial charge in [0, 0.05) is 31.4 Å². The van der Waals surface area contributed by atoms with Crippen LogP contribution in [0.4, 0.5) is 0 Å². The zero-order valence-corrected chi connectivity index (χ0v) is 12.4. The summed E-state index contributed by atoms with van der Waals surface area (Å²) in [5.41, 5.74) is 1.28. The molecule has 5 heteroatoms. The predicted molar refractivity (Wildman–Crippen MR) is 83.4 cm³/mol. The molecule has 3 rings (SSSR count). The van der Waals surface area contributed by atoms with Crippen molar-refractivity contribution in [3.8, 4) is 5.75 Å². The quantitative estimate of drug-likeness (QED) is 0.851. The summed E-state index contributed by atoms with van der Waals surface area (Å²) in [6.07, 6.45) is 8.12. The molecule has 1 unspecified atom stereocenters. The van der Waals surface area contributed by atoms with E-state index in [9.17, 15) is 0 Å². The molecule has 4 nitrogen and oxygen atoms in total. The van der Waals surface area contributed by atoms with Crippen molar-refractivity contribution in [2.24, 2.45) is 4.99 Å². The first-order chi connectivity index (χ1) is 9.78. The number of allylic oxidation sites excluding steroid dienone is 1. The van der Waals surface area contributed by atoms with E-state index in [1.54, 1.807) is 7.11 Å². The van der Waals surface area contributed by atoms with Crippen LogP contribution in [0.2, 0.25) is 0 Å². The second kappa shape index (κ2) is 5.63. The Balaban J connectivity index is 1.64. The van der Waals surface area contributed by atoms with Crippen LogP contribution in [0.25, 0.3) is 0 Å². The fourth-order valence-electron chi connectivity index (χ4n) is 2.19. The molecule has 0 aliphatic carbocycles. The van der Waals surface area contributed by atoms with E-state index < -0.39 is 0 Å². The maximum Gasteiger partial charge on any atom is 0.202 e. The van der Waals surface area contributed by atoms with Crippen molar-refractivity contribution in [1.82, 2.24) is 9.80 Å². The number of hydrogen-bond acceptors (Lipinski definition) is 5. The molecule has 0 fully saturated rings. The molecule has 2 aliphatic heterocycles. The third-order valence-corrected chi connectivity index (χ3v) is 4.37. The van der Waals surface area contributed by atoms with Gasteiger partial charge < -0.3 is 14.5 Å². The van der Waals surface area contributed by atoms with Crippen molar-refractivity contribution in [2.75, 3.05) is 14.2 Å². The van der Waals surface area contributed by atoms with Gasteiger partial charge in [-0.3, -0.25) is 0 Å². The average Bonchev–Trinajstić information content (AvgIpc) is 2.83. The molecule has 0 spiro atoms. The summed E-state index contributed by atoms with van der Waals surface area (Å²) in [7, 11) is 3.74. The number of methoxy groups -OCH3 is 1. The molecule has 0 saturated carbocycles. The van der Waals surface area contributed by atoms with Crippen molar-refractivity contribution in [3.05, 3.63) is 53.3 Å². The van der Waals surface area contributed by atoms with Crippen LogP contribution in [0.1, 0.15) is 5.56 Å². The number of hydrogen-bond donors (Lipinski definition) is 0. The first-order valence-electron chi connectivity index (χ1n) is 6.46. The summed E-state index contributed by atoms with van der Waals surface area (Å²) in [5, 5.41) is 1.22. The first-order valence-corrected chi connectivity index (χ1v) is 7.44. The molecule has 0 saturated heterocycles. The van der Waals surface area contributed by atoms with Gasteiger partial charge in [-0.1, -0.05) is 12.1 Å². The van der Waals surface area contributed by atoms with Crippen LogP contribution >= 0.6 is 11.8 Å². The van der Waals surface area contributed by atoms with Gasteiger partial charge in [-0.2, -0.15) is 0 Å². The molecule has 0 bridgehead atoms. The van der Waals surface area contributed by atoms with Gasteiger partial charge >= 0.3 is 0 Å². The molecule has 2 heterocycles. The summed E-state index contributed by atoms with van der Waals surface area (Å²) in [4.78, 5) is 8.77. The van der Waals surface area contributed by atoms with Crippen LogP contribution < -0.4 is 4.74 Å². The summed E-state index contributed by atoms with van der Waals surface area (Å²) < 4.78 is 5.17. The lowest BCUT2D eigenvalue weighted by atomic mass is 10.2. The molecule has 0 radical (unpaired) electrons. The number of benzene rings is 1. The Morgan fingerprint density at radius 3 is 2.85 bits per heavy atom. The van der Waals surface area contributed by atoms with E-state index in [4.69, 9.17) is 4.74 Å². The zero-order valence-electron chi connectivity index (χ0n) is 11.6. The lowest BCUT2D eigenvalue weighted by Crippen LogP contribution is -2.34. The summed E-state index contributed by atoms with van der Waals surface area (Å²) >= 11 is 1.82. The minimum atomic E-state index is 0.0818. The van der Waals surface area contributed by atoms with Crippen molar-refractivity contribution < 1.29 is 4.74 Å². The zero-order chi connectivity index (χ0) is 13.9. The van der Waals surface area contributed by atoms with E-state index in [1.165, 1.54) is 10.6 Å². The Bertz CT molecular complexity index is 565. The normalized spacial score (nSPS) is 20.1. The van der Waals surface area contributed by atoms with Gasteiger partial charge in [0.25, 0.3) is 0 Å². The van der Waals surface area contributed by atoms with Crippen molar-refractivity contribution in [1.29, 1.82) is 0 Å². The Hall–Kier alpha value is -1.88. The van der Waals surface area contributed by atoms with Crippen molar-refractivity contribution >= 4 is 18.0 Å². The highest BCUT2D eigenvalue weighted by Gasteiger charge is 2.28. The second-order valence-corrected chi connectivity index (χ2v) is 5.66. The van der Waals surface area contributed by atoms with E-state index >= 15 is 0 Å². The van der Waals surface area contributed by atoms with Gasteiger partial charge in [0.05, 0.1) is 12.1 Å². The molecule has 20 heavy (non-hydrogen) atoms. The molecule has 0 N–H and O–H groups in total. The molecule has 1 aromatic carbocycles. The van der Waals surface area contributed by atoms with E-state index in [-0.39, 0.29) is 6.29 Å². The minimum Gasteiger partial charge on any atom is -0.497 e. The fraction of sp³-hybridized carbons (Fsp3) is 0.267. The average molecular weight is 287 g/mol. The number of rotatable bonds is 4. The van der Waals surface area contributed by atoms with E-state index in [0.717, 1.165) is 11.5 Å². The Morgan fingerprint density at radius 1 is 1.30 bits per heavy atom. The Morgan fingerprint density at radius 2 is 2.10 bits per heavy atom. The van der Waals surface area contributed by atoms with Gasteiger partial charge in [-0.25, -0.2) is 4.99 Å². The minimum absolute atomic E-state index is 0.0818. The van der Waals surface area contributed by atoms with Crippen LogP contribution in [0, 0.1) is 0 Å². The molecule has 1 atom stereocenters. The summed E-state index contributed by atoms with van der Waals surface area (Å²) in [5.74, 6) is 1.83. The SMILES string of the molecule is COc1ccc(CSC2=CN(C)C3N=CC=CN23)cc1. The fourth-order valence-corrected chi connectivity index (χ4v) is 3.25. The van der Waals surface area contributed by atoms with Crippen molar-refractivity contribution in [2.45, 2.75) is 12.0 Å². The number of ether oxygens (including phenoxy) is 1. The van der Waals surface area contributed by atoms with Crippen molar-refractivity contribution in [3.63, 3.8) is 0 Å². The van der Waals surface area contributed by atoms with Gasteiger partial charge in [-0.05, 0) is 23.8 Å². The maximum atomic E-state index is 5.17. The largest absolute Gasteiger partial charge is 0.497 e. The van der Waals surface area contributed by atoms with Crippen LogP contribution in [-0.4, -0.2) is 36.5 Å². The van der Waals surface area contributed by atoms with Crippen LogP contribution in [0.5, 0.6) is 5.75 Å². The number of aliphatic imine (C=N–C) groups is 1. The maximum absolute atomic E-state index is 5.17. The summed E-state index contributed by atoms with van der Waals surface area (Å²) in [6, 6.07) is 8.21. The molecular weight excluding hydrogens is 270 g/mol. The smallest absolute Gasteiger partial charge is 0.202 e. The number of thioether (sulfide) groups is 1. The van der Waals surface area contributed by atoms with Crippen LogP contribution in [-0.2, 0) is 5.75 Å². The highest BCUT2D eigenvalue weighted by molar-refractivity contribution is 8.02. The van der Waals surface area contributed by atoms with E-state index in [1.807, 2.05) is 36.2 Å². The van der Waals surface area contributed by atoms with E-state index in [0.29, 0.717) is 0 Å². The Kier molecular flexibility index (Phi) is 3.69. The monoisotopic (exact) mass is 287 g/mol. The Labute approximate surface area is 123 Å². The third kappa shape index (κ3) is 2.54. The van der Waals surface area contributed by atoms with Gasteiger partial charge in [0.1, 0.15) is 5.75 Å². The predicted octanol–water partition coefficient (Wildman–Crippen LogP) is 2.86. The molecule has 0 aromatic heterocycles. The number of nitrogens with zero attached hydrogens (tertiary/aromatic N) is 3. The highest BCUT2D eigenvalue weighted by atomic mass is 32.2. The molecular formula is C15H17N3OS. The summed E-state index contributed by atoms with van der Waals surface area (Å²) in [6.45, 7) is 0. The van der Waals surface area contributed by atoms with Crippen LogP contribution in [0.3, 0.4) is 0 Å². The van der Waals surface area contributed by atoms with E-state index in [2.05, 4.69) is 46.4 Å². The first kappa shape index (κ1) is 13.1. The topological polar surface area (TPSA) is 28.1 Å². The van der Waals surface area contributed by atoms with Gasteiger partial charge in [0.15, 0.2) is 0 Å². The van der Waals surface area contributed by atoms with Crippen LogP contribution in [0.15, 0.2) is 52.8 Å². The van der Waals surface area contributed by atoms with Gasteiger partial charge in [-0.15, -0.1) is 11.8 Å². The standard InChI is InChI=1S/C15H17N3OS/c1-17-10-14(18-9-3-8-16-15(17)18)20-11-12-4-6-13(19-2)7-5-12/h3-10,15H,11H2,1-2H3. The third-order valence-electron chi connectivity index (χ3n) is 3.28. The molecule has 2 aliphatic rings. The molecule has 104 valence electrons. The highest BCUT2D eigenvalue weighted by Crippen LogP contribution is 2.34. The lowest BCUT2D eigenvalue weighted by molar-refractivity contribution is 0.231. The van der Waals surface area contributed by atoms with Gasteiger partial charge in [0.2, 0.25) is 6.29 Å².